The van der Waals surface area contributed by atoms with Gasteiger partial charge in [-0.05, 0) is 26.0 Å². The summed E-state index contributed by atoms with van der Waals surface area (Å²) in [5, 5.41) is 13.7. The Morgan fingerprint density at radius 2 is 1.88 bits per heavy atom. The zero-order valence-corrected chi connectivity index (χ0v) is 9.64. The highest BCUT2D eigenvalue weighted by atomic mass is 16.6. The van der Waals surface area contributed by atoms with Gasteiger partial charge in [0.15, 0.2) is 0 Å². The largest absolute Gasteiger partial charge is 0.380 e. The number of nitrogens with one attached hydrogen (secondary N) is 1. The van der Waals surface area contributed by atoms with E-state index >= 15 is 0 Å². The maximum Gasteiger partial charge on any atom is 0.269 e. The zero-order valence-electron chi connectivity index (χ0n) is 9.64. The SMILES string of the molecule is COC(C)C(C)Nc1ccc([N+](=O)[O-])cc1. The van der Waals surface area contributed by atoms with Crippen LogP contribution in [0, 0.1) is 10.1 Å². The molecule has 88 valence electrons. The molecule has 0 bridgehead atoms. The Morgan fingerprint density at radius 1 is 1.31 bits per heavy atom. The first-order valence-corrected chi connectivity index (χ1v) is 5.08. The van der Waals surface area contributed by atoms with Gasteiger partial charge in [-0.1, -0.05) is 0 Å². The molecule has 2 atom stereocenters. The van der Waals surface area contributed by atoms with Gasteiger partial charge in [0.05, 0.1) is 11.0 Å². The van der Waals surface area contributed by atoms with Crippen molar-refractivity contribution in [2.45, 2.75) is 26.0 Å². The van der Waals surface area contributed by atoms with Crippen LogP contribution in [-0.4, -0.2) is 24.2 Å². The van der Waals surface area contributed by atoms with Gasteiger partial charge < -0.3 is 10.1 Å². The lowest BCUT2D eigenvalue weighted by Crippen LogP contribution is -2.29. The number of hydrogen-bond acceptors (Lipinski definition) is 4. The monoisotopic (exact) mass is 224 g/mol. The van der Waals surface area contributed by atoms with Gasteiger partial charge in [0.2, 0.25) is 0 Å². The van der Waals surface area contributed by atoms with Crippen molar-refractivity contribution < 1.29 is 9.66 Å². The smallest absolute Gasteiger partial charge is 0.269 e. The number of hydrogen-bond donors (Lipinski definition) is 1. The van der Waals surface area contributed by atoms with Crippen molar-refractivity contribution in [2.24, 2.45) is 0 Å². The lowest BCUT2D eigenvalue weighted by Gasteiger charge is -2.20. The third kappa shape index (κ3) is 3.20. The standard InChI is InChI=1S/C11H16N2O3/c1-8(9(2)16-3)12-10-4-6-11(7-5-10)13(14)15/h4-9,12H,1-3H3. The molecule has 1 aromatic carbocycles. The highest BCUT2D eigenvalue weighted by Gasteiger charge is 2.11. The van der Waals surface area contributed by atoms with Crippen LogP contribution in [-0.2, 0) is 4.74 Å². The van der Waals surface area contributed by atoms with Crippen molar-refractivity contribution in [3.63, 3.8) is 0 Å². The number of rotatable bonds is 5. The quantitative estimate of drug-likeness (QED) is 0.616. The van der Waals surface area contributed by atoms with Crippen molar-refractivity contribution in [3.8, 4) is 0 Å². The van der Waals surface area contributed by atoms with E-state index in [0.717, 1.165) is 5.69 Å². The summed E-state index contributed by atoms with van der Waals surface area (Å²) in [7, 11) is 1.65. The third-order valence-electron chi connectivity index (χ3n) is 2.55. The summed E-state index contributed by atoms with van der Waals surface area (Å²) in [6, 6.07) is 6.49. The van der Waals surface area contributed by atoms with Crippen LogP contribution in [0.15, 0.2) is 24.3 Å². The molecule has 16 heavy (non-hydrogen) atoms. The zero-order chi connectivity index (χ0) is 12.1. The molecule has 5 heteroatoms. The fraction of sp³-hybridized carbons (Fsp3) is 0.455. The summed E-state index contributed by atoms with van der Waals surface area (Å²) in [4.78, 5) is 10.0. The van der Waals surface area contributed by atoms with Gasteiger partial charge in [0.1, 0.15) is 0 Å². The van der Waals surface area contributed by atoms with Crippen LogP contribution in [0.5, 0.6) is 0 Å². The van der Waals surface area contributed by atoms with Crippen molar-refractivity contribution >= 4 is 11.4 Å². The maximum atomic E-state index is 10.5. The van der Waals surface area contributed by atoms with Gasteiger partial charge in [-0.2, -0.15) is 0 Å². The second kappa shape index (κ2) is 5.46. The van der Waals surface area contributed by atoms with E-state index in [4.69, 9.17) is 4.74 Å². The second-order valence-electron chi connectivity index (χ2n) is 3.68. The minimum absolute atomic E-state index is 0.0789. The fourth-order valence-corrected chi connectivity index (χ4v) is 1.26. The Bertz CT molecular complexity index is 351. The predicted molar refractivity (Wildman–Crippen MR) is 62.7 cm³/mol. The molecule has 0 fully saturated rings. The number of non-ortho nitro benzene ring substituents is 1. The normalized spacial score (nSPS) is 14.2. The van der Waals surface area contributed by atoms with Crippen LogP contribution >= 0.6 is 0 Å². The van der Waals surface area contributed by atoms with E-state index in [9.17, 15) is 10.1 Å². The molecular weight excluding hydrogens is 208 g/mol. The first-order valence-electron chi connectivity index (χ1n) is 5.08. The number of methoxy groups -OCH3 is 1. The molecular formula is C11H16N2O3. The number of ether oxygens (including phenoxy) is 1. The van der Waals surface area contributed by atoms with Crippen LogP contribution in [0.25, 0.3) is 0 Å². The lowest BCUT2D eigenvalue weighted by atomic mass is 10.2. The van der Waals surface area contributed by atoms with E-state index in [1.165, 1.54) is 12.1 Å². The number of nitrogens with zero attached hydrogens (tertiary/aromatic N) is 1. The first kappa shape index (κ1) is 12.4. The van der Waals surface area contributed by atoms with Gasteiger partial charge in [-0.25, -0.2) is 0 Å². The summed E-state index contributed by atoms with van der Waals surface area (Å²) in [6.45, 7) is 3.96. The van der Waals surface area contributed by atoms with Crippen LogP contribution in [0.3, 0.4) is 0 Å². The molecule has 0 radical (unpaired) electrons. The Balaban J connectivity index is 2.65. The average molecular weight is 224 g/mol. The summed E-state index contributed by atoms with van der Waals surface area (Å²) in [5.74, 6) is 0. The molecule has 1 rings (SSSR count). The van der Waals surface area contributed by atoms with Gasteiger partial charge in [-0.15, -0.1) is 0 Å². The van der Waals surface area contributed by atoms with E-state index in [0.29, 0.717) is 0 Å². The molecule has 0 saturated heterocycles. The molecule has 0 aromatic heterocycles. The molecule has 0 aliphatic heterocycles. The molecule has 1 aromatic rings. The van der Waals surface area contributed by atoms with Crippen LogP contribution in [0.4, 0.5) is 11.4 Å². The Morgan fingerprint density at radius 3 is 2.31 bits per heavy atom. The first-order chi connectivity index (χ1) is 7.54. The van der Waals surface area contributed by atoms with E-state index in [2.05, 4.69) is 5.32 Å². The van der Waals surface area contributed by atoms with Crippen molar-refractivity contribution in [1.29, 1.82) is 0 Å². The van der Waals surface area contributed by atoms with E-state index < -0.39 is 4.92 Å². The topological polar surface area (TPSA) is 64.4 Å². The number of nitro benzene ring substituents is 1. The Hall–Kier alpha value is -1.62. The van der Waals surface area contributed by atoms with Gasteiger partial charge in [0, 0.05) is 31.0 Å². The van der Waals surface area contributed by atoms with Crippen molar-refractivity contribution in [3.05, 3.63) is 34.4 Å². The minimum Gasteiger partial charge on any atom is -0.380 e. The molecule has 0 spiro atoms. The minimum atomic E-state index is -0.412. The molecule has 2 unspecified atom stereocenters. The van der Waals surface area contributed by atoms with E-state index in [-0.39, 0.29) is 17.8 Å². The summed E-state index contributed by atoms with van der Waals surface area (Å²) < 4.78 is 5.18. The molecule has 0 aliphatic carbocycles. The molecule has 0 amide bonds. The maximum absolute atomic E-state index is 10.5. The average Bonchev–Trinajstić information content (AvgIpc) is 2.28. The lowest BCUT2D eigenvalue weighted by molar-refractivity contribution is -0.384. The Kier molecular flexibility index (Phi) is 4.25. The molecule has 5 nitrogen and oxygen atoms in total. The number of anilines is 1. The molecule has 0 heterocycles. The Labute approximate surface area is 94.6 Å². The highest BCUT2D eigenvalue weighted by molar-refractivity contribution is 5.49. The van der Waals surface area contributed by atoms with Gasteiger partial charge in [-0.3, -0.25) is 10.1 Å². The second-order valence-corrected chi connectivity index (χ2v) is 3.68. The van der Waals surface area contributed by atoms with E-state index in [1.807, 2.05) is 13.8 Å². The van der Waals surface area contributed by atoms with Crippen LogP contribution in [0.2, 0.25) is 0 Å². The van der Waals surface area contributed by atoms with Crippen molar-refractivity contribution in [1.82, 2.24) is 0 Å². The molecule has 1 N–H and O–H groups in total. The third-order valence-corrected chi connectivity index (χ3v) is 2.55. The van der Waals surface area contributed by atoms with Gasteiger partial charge >= 0.3 is 0 Å². The molecule has 0 saturated carbocycles. The number of nitro groups is 1. The summed E-state index contributed by atoms with van der Waals surface area (Å²) >= 11 is 0. The van der Waals surface area contributed by atoms with Crippen molar-refractivity contribution in [2.75, 3.05) is 12.4 Å². The summed E-state index contributed by atoms with van der Waals surface area (Å²) in [5.41, 5.74) is 0.944. The summed E-state index contributed by atoms with van der Waals surface area (Å²) in [6.07, 6.45) is 0.0789. The number of benzene rings is 1. The van der Waals surface area contributed by atoms with Crippen LogP contribution in [0.1, 0.15) is 13.8 Å². The van der Waals surface area contributed by atoms with Crippen LogP contribution < -0.4 is 5.32 Å². The molecule has 0 aliphatic rings. The van der Waals surface area contributed by atoms with E-state index in [1.54, 1.807) is 19.2 Å². The highest BCUT2D eigenvalue weighted by Crippen LogP contribution is 2.16. The predicted octanol–water partition coefficient (Wildman–Crippen LogP) is 2.43. The fourth-order valence-electron chi connectivity index (χ4n) is 1.26. The van der Waals surface area contributed by atoms with Gasteiger partial charge in [0.25, 0.3) is 5.69 Å².